The Morgan fingerprint density at radius 2 is 1.55 bits per heavy atom. The molecule has 3 aromatic rings. The second-order valence-corrected chi connectivity index (χ2v) is 6.10. The first-order valence-electron chi connectivity index (χ1n) is 8.27. The van der Waals surface area contributed by atoms with Gasteiger partial charge in [-0.3, -0.25) is 9.59 Å². The minimum Gasteiger partial charge on any atom is -0.341 e. The minimum absolute atomic E-state index is 0.00161. The number of alkyl halides is 3. The van der Waals surface area contributed by atoms with Gasteiger partial charge in [-0.25, -0.2) is 8.78 Å². The number of carbonyl (C=O) groups is 1. The van der Waals surface area contributed by atoms with Crippen molar-refractivity contribution in [1.29, 1.82) is 0 Å². The van der Waals surface area contributed by atoms with E-state index in [2.05, 4.69) is 10.3 Å². The first-order chi connectivity index (χ1) is 13.7. The SMILES string of the molecule is O=C(NC(c1ccc(C(F)(F)F)cc1)c1c(F)cccc1F)c1ccc(=O)[nH]c1. The number of halogens is 5. The first-order valence-corrected chi connectivity index (χ1v) is 8.27. The van der Waals surface area contributed by atoms with Crippen LogP contribution >= 0.6 is 0 Å². The van der Waals surface area contributed by atoms with E-state index in [-0.39, 0.29) is 11.1 Å². The van der Waals surface area contributed by atoms with Crippen molar-refractivity contribution < 1.29 is 26.7 Å². The molecule has 0 saturated heterocycles. The van der Waals surface area contributed by atoms with Gasteiger partial charge in [-0.05, 0) is 35.9 Å². The predicted octanol–water partition coefficient (Wildman–Crippen LogP) is 4.19. The number of H-pyrrole nitrogens is 1. The van der Waals surface area contributed by atoms with Crippen molar-refractivity contribution in [2.45, 2.75) is 12.2 Å². The number of aromatic nitrogens is 1. The Morgan fingerprint density at radius 1 is 0.931 bits per heavy atom. The van der Waals surface area contributed by atoms with Gasteiger partial charge in [0.05, 0.1) is 22.7 Å². The molecule has 0 fully saturated rings. The summed E-state index contributed by atoms with van der Waals surface area (Å²) in [6, 6.07) is 7.55. The maximum atomic E-state index is 14.3. The van der Waals surface area contributed by atoms with Gasteiger partial charge in [0.15, 0.2) is 0 Å². The van der Waals surface area contributed by atoms with Gasteiger partial charge in [0.2, 0.25) is 5.56 Å². The fraction of sp³-hybridized carbons (Fsp3) is 0.100. The molecule has 1 aromatic heterocycles. The summed E-state index contributed by atoms with van der Waals surface area (Å²) in [6.07, 6.45) is -3.48. The zero-order valence-electron chi connectivity index (χ0n) is 14.6. The zero-order chi connectivity index (χ0) is 21.2. The number of nitrogens with one attached hydrogen (secondary N) is 2. The van der Waals surface area contributed by atoms with Crippen LogP contribution in [0.1, 0.15) is 33.1 Å². The average Bonchev–Trinajstić information content (AvgIpc) is 2.67. The molecule has 0 radical (unpaired) electrons. The lowest BCUT2D eigenvalue weighted by atomic mass is 9.96. The highest BCUT2D eigenvalue weighted by molar-refractivity contribution is 5.94. The largest absolute Gasteiger partial charge is 0.416 e. The standard InChI is InChI=1S/C20H13F5N2O2/c21-14-2-1-3-15(22)17(14)18(11-4-7-13(8-5-11)20(23,24)25)27-19(29)12-6-9-16(28)26-10-12/h1-10,18H,(H,26,28)(H,27,29). The molecule has 2 aromatic carbocycles. The van der Waals surface area contributed by atoms with Crippen molar-refractivity contribution in [3.8, 4) is 0 Å². The van der Waals surface area contributed by atoms with Crippen LogP contribution in [-0.4, -0.2) is 10.9 Å². The first kappa shape index (κ1) is 20.2. The molecule has 0 spiro atoms. The molecule has 1 heterocycles. The Hall–Kier alpha value is -3.49. The zero-order valence-corrected chi connectivity index (χ0v) is 14.6. The summed E-state index contributed by atoms with van der Waals surface area (Å²) in [5, 5.41) is 2.40. The van der Waals surface area contributed by atoms with Crippen LogP contribution in [0.5, 0.6) is 0 Å². The third kappa shape index (κ3) is 4.50. The number of rotatable bonds is 4. The number of hydrogen-bond donors (Lipinski definition) is 2. The van der Waals surface area contributed by atoms with Gasteiger partial charge in [-0.1, -0.05) is 18.2 Å². The van der Waals surface area contributed by atoms with Crippen LogP contribution < -0.4 is 10.9 Å². The highest BCUT2D eigenvalue weighted by Crippen LogP contribution is 2.32. The second kappa shape index (κ2) is 7.86. The lowest BCUT2D eigenvalue weighted by molar-refractivity contribution is -0.137. The Labute approximate surface area is 161 Å². The molecule has 1 amide bonds. The van der Waals surface area contributed by atoms with Crippen LogP contribution in [0.15, 0.2) is 65.6 Å². The molecular formula is C20H13F5N2O2. The fourth-order valence-corrected chi connectivity index (χ4v) is 2.74. The molecule has 1 unspecified atom stereocenters. The number of carbonyl (C=O) groups excluding carboxylic acids is 1. The van der Waals surface area contributed by atoms with E-state index in [1.807, 2.05) is 0 Å². The summed E-state index contributed by atoms with van der Waals surface area (Å²) in [6.45, 7) is 0. The molecule has 0 saturated carbocycles. The summed E-state index contributed by atoms with van der Waals surface area (Å²) < 4.78 is 67.1. The molecule has 0 aliphatic carbocycles. The summed E-state index contributed by atoms with van der Waals surface area (Å²) in [4.78, 5) is 25.9. The molecule has 2 N–H and O–H groups in total. The van der Waals surface area contributed by atoms with Crippen LogP contribution in [0, 0.1) is 11.6 Å². The molecule has 150 valence electrons. The minimum atomic E-state index is -4.59. The van der Waals surface area contributed by atoms with Crippen LogP contribution in [0.3, 0.4) is 0 Å². The monoisotopic (exact) mass is 408 g/mol. The lowest BCUT2D eigenvalue weighted by Gasteiger charge is -2.21. The molecule has 4 nitrogen and oxygen atoms in total. The van der Waals surface area contributed by atoms with Crippen LogP contribution in [0.25, 0.3) is 0 Å². The highest BCUT2D eigenvalue weighted by Gasteiger charge is 2.31. The molecule has 1 atom stereocenters. The fourth-order valence-electron chi connectivity index (χ4n) is 2.74. The van der Waals surface area contributed by atoms with Crippen molar-refractivity contribution in [2.24, 2.45) is 0 Å². The Bertz CT molecular complexity index is 1050. The summed E-state index contributed by atoms with van der Waals surface area (Å²) in [5.74, 6) is -2.73. The average molecular weight is 408 g/mol. The van der Waals surface area contributed by atoms with E-state index in [9.17, 15) is 31.5 Å². The predicted molar refractivity (Wildman–Crippen MR) is 94.2 cm³/mol. The molecule has 0 aliphatic rings. The number of aromatic amines is 1. The van der Waals surface area contributed by atoms with Crippen molar-refractivity contribution in [3.05, 3.63) is 105 Å². The number of benzene rings is 2. The Morgan fingerprint density at radius 3 is 2.07 bits per heavy atom. The van der Waals surface area contributed by atoms with Crippen molar-refractivity contribution in [2.75, 3.05) is 0 Å². The lowest BCUT2D eigenvalue weighted by Crippen LogP contribution is -2.31. The van der Waals surface area contributed by atoms with Crippen molar-refractivity contribution >= 4 is 5.91 Å². The van der Waals surface area contributed by atoms with Crippen molar-refractivity contribution in [1.82, 2.24) is 10.3 Å². The Balaban J connectivity index is 2.03. The van der Waals surface area contributed by atoms with Gasteiger partial charge in [0.1, 0.15) is 11.6 Å². The maximum Gasteiger partial charge on any atom is 0.416 e. The molecule has 0 bridgehead atoms. The molecule has 9 heteroatoms. The van der Waals surface area contributed by atoms with E-state index in [1.165, 1.54) is 6.07 Å². The van der Waals surface area contributed by atoms with Gasteiger partial charge in [0, 0.05) is 12.3 Å². The number of amides is 1. The number of hydrogen-bond acceptors (Lipinski definition) is 2. The van der Waals surface area contributed by atoms with E-state index in [4.69, 9.17) is 0 Å². The highest BCUT2D eigenvalue weighted by atomic mass is 19.4. The second-order valence-electron chi connectivity index (χ2n) is 6.10. The third-order valence-corrected chi connectivity index (χ3v) is 4.18. The smallest absolute Gasteiger partial charge is 0.341 e. The normalized spacial score (nSPS) is 12.4. The van der Waals surface area contributed by atoms with E-state index in [0.717, 1.165) is 54.7 Å². The maximum absolute atomic E-state index is 14.3. The van der Waals surface area contributed by atoms with Gasteiger partial charge >= 0.3 is 6.18 Å². The van der Waals surface area contributed by atoms with Crippen LogP contribution in [-0.2, 0) is 6.18 Å². The molecular weight excluding hydrogens is 395 g/mol. The van der Waals surface area contributed by atoms with Gasteiger partial charge in [-0.15, -0.1) is 0 Å². The quantitative estimate of drug-likeness (QED) is 0.636. The third-order valence-electron chi connectivity index (χ3n) is 4.18. The van der Waals surface area contributed by atoms with E-state index in [0.29, 0.717) is 0 Å². The molecule has 29 heavy (non-hydrogen) atoms. The molecule has 0 aliphatic heterocycles. The van der Waals surface area contributed by atoms with Gasteiger partial charge < -0.3 is 10.3 Å². The van der Waals surface area contributed by atoms with Crippen molar-refractivity contribution in [3.63, 3.8) is 0 Å². The van der Waals surface area contributed by atoms with Crippen LogP contribution in [0.2, 0.25) is 0 Å². The summed E-state index contributed by atoms with van der Waals surface area (Å²) in [7, 11) is 0. The van der Waals surface area contributed by atoms with E-state index < -0.39 is 46.4 Å². The van der Waals surface area contributed by atoms with E-state index >= 15 is 0 Å². The van der Waals surface area contributed by atoms with Gasteiger partial charge in [-0.2, -0.15) is 13.2 Å². The van der Waals surface area contributed by atoms with Gasteiger partial charge in [0.25, 0.3) is 5.91 Å². The Kier molecular flexibility index (Phi) is 5.49. The summed E-state index contributed by atoms with van der Waals surface area (Å²) >= 11 is 0. The summed E-state index contributed by atoms with van der Waals surface area (Å²) in [5.41, 5.74) is -1.88. The van der Waals surface area contributed by atoms with E-state index in [1.54, 1.807) is 0 Å². The number of pyridine rings is 1. The molecule has 3 rings (SSSR count). The topological polar surface area (TPSA) is 62.0 Å². The van der Waals surface area contributed by atoms with Crippen LogP contribution in [0.4, 0.5) is 22.0 Å².